The minimum absolute atomic E-state index is 0.862. The minimum atomic E-state index is -0.862. The Balaban J connectivity index is 2.22. The summed E-state index contributed by atoms with van der Waals surface area (Å²) in [6.07, 6.45) is 4.40. The van der Waals surface area contributed by atoms with Gasteiger partial charge in [0.15, 0.2) is 22.5 Å². The van der Waals surface area contributed by atoms with Gasteiger partial charge in [0.05, 0.1) is 0 Å². The van der Waals surface area contributed by atoms with Gasteiger partial charge in [0, 0.05) is 0 Å². The van der Waals surface area contributed by atoms with E-state index in [0.717, 1.165) is 5.92 Å². The quantitative estimate of drug-likeness (QED) is 0.569. The summed E-state index contributed by atoms with van der Waals surface area (Å²) in [4.78, 5) is 0. The van der Waals surface area contributed by atoms with Gasteiger partial charge in [0.25, 0.3) is 0 Å². The average Bonchev–Trinajstić information content (AvgIpc) is 2.45. The van der Waals surface area contributed by atoms with Gasteiger partial charge in [-0.05, 0) is 37.2 Å². The molecule has 0 heterocycles. The summed E-state index contributed by atoms with van der Waals surface area (Å²) < 4.78 is 0. The van der Waals surface area contributed by atoms with Crippen molar-refractivity contribution < 1.29 is 0 Å². The van der Waals surface area contributed by atoms with Gasteiger partial charge in [-0.2, -0.15) is 0 Å². The van der Waals surface area contributed by atoms with Crippen molar-refractivity contribution in [2.45, 2.75) is 25.7 Å². The zero-order valence-electron chi connectivity index (χ0n) is 6.19. The maximum absolute atomic E-state index is 5.74. The number of hydrogen-bond acceptors (Lipinski definition) is 0. The predicted octanol–water partition coefficient (Wildman–Crippen LogP) is 4.08. The zero-order valence-corrected chi connectivity index (χ0v) is 8.59. The molecule has 1 saturated carbocycles. The normalized spacial score (nSPS) is 28.0. The SMILES string of the molecule is Cl[P+](Cl)=CC1=C2CCC(C1)C2. The first-order valence-electron chi connectivity index (χ1n) is 3.92. The van der Waals surface area contributed by atoms with Crippen LogP contribution in [0.5, 0.6) is 0 Å². The molecule has 0 saturated heterocycles. The Morgan fingerprint density at radius 1 is 1.36 bits per heavy atom. The van der Waals surface area contributed by atoms with Crippen molar-refractivity contribution in [3.05, 3.63) is 11.1 Å². The fourth-order valence-electron chi connectivity index (χ4n) is 2.11. The van der Waals surface area contributed by atoms with Crippen LogP contribution in [0, 0.1) is 5.92 Å². The van der Waals surface area contributed by atoms with Crippen LogP contribution in [0.15, 0.2) is 11.1 Å². The van der Waals surface area contributed by atoms with Gasteiger partial charge in [-0.25, -0.2) is 0 Å². The van der Waals surface area contributed by atoms with Crippen LogP contribution in [-0.2, 0) is 0 Å². The third-order valence-electron chi connectivity index (χ3n) is 2.61. The zero-order chi connectivity index (χ0) is 7.84. The maximum Gasteiger partial charge on any atom is 0.324 e. The van der Waals surface area contributed by atoms with Gasteiger partial charge in [0.1, 0.15) is 5.80 Å². The van der Waals surface area contributed by atoms with Crippen LogP contribution >= 0.6 is 28.7 Å². The third kappa shape index (κ3) is 1.64. The van der Waals surface area contributed by atoms with E-state index in [-0.39, 0.29) is 0 Å². The Bertz CT molecular complexity index is 238. The minimum Gasteiger partial charge on any atom is -0.0628 e. The van der Waals surface area contributed by atoms with E-state index in [0.29, 0.717) is 0 Å². The van der Waals surface area contributed by atoms with Gasteiger partial charge in [-0.1, -0.05) is 5.57 Å². The molecule has 1 atom stereocenters. The molecule has 3 heteroatoms. The highest BCUT2D eigenvalue weighted by atomic mass is 35.9. The van der Waals surface area contributed by atoms with Crippen molar-refractivity contribution in [1.29, 1.82) is 0 Å². The first-order valence-corrected chi connectivity index (χ1v) is 7.14. The van der Waals surface area contributed by atoms with Crippen LogP contribution in [0.1, 0.15) is 25.7 Å². The largest absolute Gasteiger partial charge is 0.324 e. The monoisotopic (exact) mass is 207 g/mol. The summed E-state index contributed by atoms with van der Waals surface area (Å²) in [6.45, 7) is 0. The highest BCUT2D eigenvalue weighted by Crippen LogP contribution is 2.46. The van der Waals surface area contributed by atoms with E-state index in [2.05, 4.69) is 5.80 Å². The van der Waals surface area contributed by atoms with Crippen LogP contribution in [-0.4, -0.2) is 5.80 Å². The van der Waals surface area contributed by atoms with Crippen LogP contribution in [0.25, 0.3) is 0 Å². The Hall–Kier alpha value is 0.490. The summed E-state index contributed by atoms with van der Waals surface area (Å²) in [5.74, 6) is 2.99. The van der Waals surface area contributed by atoms with Gasteiger partial charge in [0.2, 0.25) is 0 Å². The molecule has 60 valence electrons. The molecule has 0 radical (unpaired) electrons. The van der Waals surface area contributed by atoms with Crippen molar-refractivity contribution in [1.82, 2.24) is 0 Å². The predicted molar refractivity (Wildman–Crippen MR) is 53.7 cm³/mol. The van der Waals surface area contributed by atoms with Gasteiger partial charge < -0.3 is 0 Å². The number of allylic oxidation sites excluding steroid dienone is 2. The van der Waals surface area contributed by atoms with E-state index in [1.807, 2.05) is 0 Å². The second-order valence-corrected chi connectivity index (χ2v) is 6.81. The molecule has 0 aromatic rings. The molecule has 0 N–H and O–H groups in total. The van der Waals surface area contributed by atoms with E-state index in [1.165, 1.54) is 31.3 Å². The van der Waals surface area contributed by atoms with E-state index >= 15 is 0 Å². The van der Waals surface area contributed by atoms with E-state index in [4.69, 9.17) is 22.5 Å². The second kappa shape index (κ2) is 3.09. The summed E-state index contributed by atoms with van der Waals surface area (Å²) in [6, 6.07) is 0. The number of rotatable bonds is 1. The van der Waals surface area contributed by atoms with Crippen molar-refractivity contribution in [2.24, 2.45) is 5.92 Å². The fourth-order valence-corrected chi connectivity index (χ4v) is 3.34. The van der Waals surface area contributed by atoms with E-state index < -0.39 is 6.25 Å². The molecule has 2 aliphatic carbocycles. The molecule has 0 spiro atoms. The highest BCUT2D eigenvalue weighted by Gasteiger charge is 2.30. The van der Waals surface area contributed by atoms with E-state index in [1.54, 1.807) is 5.57 Å². The van der Waals surface area contributed by atoms with E-state index in [9.17, 15) is 0 Å². The van der Waals surface area contributed by atoms with Crippen molar-refractivity contribution in [3.63, 3.8) is 0 Å². The summed E-state index contributed by atoms with van der Waals surface area (Å²) >= 11 is 11.5. The lowest BCUT2D eigenvalue weighted by Gasteiger charge is -2.04. The Morgan fingerprint density at radius 2 is 2.18 bits per heavy atom. The van der Waals surface area contributed by atoms with Crippen molar-refractivity contribution >= 4 is 34.5 Å². The molecule has 0 nitrogen and oxygen atoms in total. The van der Waals surface area contributed by atoms with Gasteiger partial charge in [-0.3, -0.25) is 0 Å². The van der Waals surface area contributed by atoms with Crippen LogP contribution < -0.4 is 0 Å². The molecule has 2 bridgehead atoms. The lowest BCUT2D eigenvalue weighted by Crippen LogP contribution is -1.93. The van der Waals surface area contributed by atoms with Crippen molar-refractivity contribution in [3.8, 4) is 0 Å². The lowest BCUT2D eigenvalue weighted by molar-refractivity contribution is 0.571. The maximum atomic E-state index is 5.74. The van der Waals surface area contributed by atoms with Crippen LogP contribution in [0.3, 0.4) is 0 Å². The number of hydrogen-bond donors (Lipinski definition) is 0. The first-order chi connectivity index (χ1) is 5.25. The molecule has 0 amide bonds. The summed E-state index contributed by atoms with van der Waals surface area (Å²) in [5.41, 5.74) is 3.10. The Labute approximate surface area is 77.5 Å². The van der Waals surface area contributed by atoms with Crippen molar-refractivity contribution in [2.75, 3.05) is 0 Å². The summed E-state index contributed by atoms with van der Waals surface area (Å²) in [7, 11) is 0. The molecule has 0 aromatic heterocycles. The molecule has 2 aliphatic rings. The lowest BCUT2D eigenvalue weighted by atomic mass is 10.0. The molecule has 11 heavy (non-hydrogen) atoms. The average molecular weight is 208 g/mol. The smallest absolute Gasteiger partial charge is 0.0628 e. The first kappa shape index (κ1) is 8.10. The molecule has 0 aromatic carbocycles. The standard InChI is InChI=1S/C8H10Cl2P/c9-11(10)5-8-4-6-1-2-7(8)3-6/h5-6H,1-4H2/q+1. The molecule has 1 fully saturated rings. The molecular weight excluding hydrogens is 198 g/mol. The Morgan fingerprint density at radius 3 is 2.64 bits per heavy atom. The van der Waals surface area contributed by atoms with Crippen LogP contribution in [0.2, 0.25) is 0 Å². The Kier molecular flexibility index (Phi) is 2.28. The number of halogens is 2. The molecule has 0 aliphatic heterocycles. The molecule has 2 rings (SSSR count). The second-order valence-electron chi connectivity index (χ2n) is 3.33. The van der Waals surface area contributed by atoms with Gasteiger partial charge >= 0.3 is 6.25 Å². The summed E-state index contributed by atoms with van der Waals surface area (Å²) in [5, 5.41) is 0. The van der Waals surface area contributed by atoms with Crippen LogP contribution in [0.4, 0.5) is 0 Å². The highest BCUT2D eigenvalue weighted by molar-refractivity contribution is 8.02. The number of fused-ring (bicyclic) bond motifs is 2. The molecule has 1 unspecified atom stereocenters. The fraction of sp³-hybridized carbons (Fsp3) is 0.625. The van der Waals surface area contributed by atoms with Gasteiger partial charge in [-0.15, -0.1) is 0 Å². The third-order valence-corrected chi connectivity index (χ3v) is 3.70. The topological polar surface area (TPSA) is 0 Å². The molecular formula is C8H10Cl2P+.